The van der Waals surface area contributed by atoms with Gasteiger partial charge in [-0.3, -0.25) is 14.5 Å². The predicted octanol–water partition coefficient (Wildman–Crippen LogP) is 5.96. The van der Waals surface area contributed by atoms with Crippen molar-refractivity contribution in [2.75, 3.05) is 18.1 Å². The molecule has 1 N–H and O–H groups in total. The average molecular weight is 533 g/mol. The highest BCUT2D eigenvalue weighted by Crippen LogP contribution is 2.45. The minimum Gasteiger partial charge on any atom is -0.507 e. The summed E-state index contributed by atoms with van der Waals surface area (Å²) in [5.74, 6) is -0.833. The normalized spacial score (nSPS) is 18.6. The van der Waals surface area contributed by atoms with E-state index in [1.165, 1.54) is 16.2 Å². The Labute approximate surface area is 221 Å². The fourth-order valence-electron chi connectivity index (χ4n) is 4.80. The van der Waals surface area contributed by atoms with Crippen molar-refractivity contribution >= 4 is 55.7 Å². The number of halogens is 1. The van der Waals surface area contributed by atoms with Gasteiger partial charge in [0.05, 0.1) is 21.8 Å². The summed E-state index contributed by atoms with van der Waals surface area (Å²) in [7, 11) is 0. The number of nitrogens with zero attached hydrogens (tertiary/aromatic N) is 2. The number of hydrogen-bond donors (Lipinski definition) is 1. The van der Waals surface area contributed by atoms with Gasteiger partial charge in [-0.05, 0) is 66.9 Å². The van der Waals surface area contributed by atoms with Crippen LogP contribution in [0.4, 0.5) is 5.13 Å². The molecular formula is C28H21ClN2O5S. The first kappa shape index (κ1) is 23.5. The number of aryl methyl sites for hydroxylation is 2. The van der Waals surface area contributed by atoms with Crippen molar-refractivity contribution in [2.24, 2.45) is 0 Å². The zero-order valence-electron chi connectivity index (χ0n) is 19.9. The van der Waals surface area contributed by atoms with Crippen molar-refractivity contribution in [3.05, 3.63) is 87.4 Å². The van der Waals surface area contributed by atoms with Crippen molar-refractivity contribution in [3.63, 3.8) is 0 Å². The van der Waals surface area contributed by atoms with Gasteiger partial charge in [-0.15, -0.1) is 0 Å². The lowest BCUT2D eigenvalue weighted by Crippen LogP contribution is -2.29. The van der Waals surface area contributed by atoms with Gasteiger partial charge in [0.25, 0.3) is 5.78 Å². The van der Waals surface area contributed by atoms with Gasteiger partial charge in [-0.2, -0.15) is 0 Å². The molecule has 1 amide bonds. The van der Waals surface area contributed by atoms with Gasteiger partial charge >= 0.3 is 5.91 Å². The molecule has 0 bridgehead atoms. The number of ether oxygens (including phenoxy) is 2. The quantitative estimate of drug-likeness (QED) is 0.199. The minimum atomic E-state index is -0.896. The van der Waals surface area contributed by atoms with Crippen LogP contribution in [-0.4, -0.2) is 35.0 Å². The number of benzene rings is 3. The monoisotopic (exact) mass is 532 g/mol. The van der Waals surface area contributed by atoms with Crippen LogP contribution in [0.3, 0.4) is 0 Å². The zero-order chi connectivity index (χ0) is 25.8. The number of aliphatic hydroxyl groups is 1. The van der Waals surface area contributed by atoms with Crippen LogP contribution in [0, 0.1) is 13.8 Å². The maximum absolute atomic E-state index is 13.5. The van der Waals surface area contributed by atoms with E-state index in [1.807, 2.05) is 26.0 Å². The molecule has 0 radical (unpaired) electrons. The molecule has 3 heterocycles. The molecule has 7 nitrogen and oxygen atoms in total. The molecule has 3 aromatic carbocycles. The lowest BCUT2D eigenvalue weighted by Gasteiger charge is -2.23. The third kappa shape index (κ3) is 3.93. The Balaban J connectivity index is 1.55. The maximum atomic E-state index is 13.5. The highest BCUT2D eigenvalue weighted by Gasteiger charge is 2.48. The van der Waals surface area contributed by atoms with Gasteiger partial charge in [0.15, 0.2) is 16.6 Å². The number of amides is 1. The second-order valence-electron chi connectivity index (χ2n) is 9.00. The summed E-state index contributed by atoms with van der Waals surface area (Å²) in [6.45, 7) is 4.77. The number of aromatic nitrogens is 1. The number of carbonyl (C=O) groups excluding carboxylic acids is 2. The molecule has 6 rings (SSSR count). The molecule has 1 unspecified atom stereocenters. The van der Waals surface area contributed by atoms with Gasteiger partial charge < -0.3 is 14.6 Å². The summed E-state index contributed by atoms with van der Waals surface area (Å²) in [5, 5.41) is 12.3. The van der Waals surface area contributed by atoms with Crippen molar-refractivity contribution in [2.45, 2.75) is 19.9 Å². The Hall–Kier alpha value is -3.88. The molecule has 1 saturated heterocycles. The van der Waals surface area contributed by atoms with E-state index in [4.69, 9.17) is 26.1 Å². The maximum Gasteiger partial charge on any atom is 0.301 e. The third-order valence-corrected chi connectivity index (χ3v) is 7.72. The third-order valence-electron chi connectivity index (χ3n) is 6.47. The number of anilines is 1. The van der Waals surface area contributed by atoms with E-state index in [2.05, 4.69) is 0 Å². The molecule has 1 aromatic heterocycles. The Morgan fingerprint density at radius 3 is 2.51 bits per heavy atom. The summed E-state index contributed by atoms with van der Waals surface area (Å²) >= 11 is 7.47. The van der Waals surface area contributed by atoms with Crippen molar-refractivity contribution in [3.8, 4) is 11.5 Å². The van der Waals surface area contributed by atoms with Crippen molar-refractivity contribution in [1.29, 1.82) is 0 Å². The molecular weight excluding hydrogens is 512 g/mol. The molecule has 37 heavy (non-hydrogen) atoms. The van der Waals surface area contributed by atoms with Crippen LogP contribution in [0.25, 0.3) is 16.0 Å². The van der Waals surface area contributed by atoms with Gasteiger partial charge in [0.2, 0.25) is 0 Å². The number of thiazole rings is 1. The topological polar surface area (TPSA) is 89.0 Å². The lowest BCUT2D eigenvalue weighted by molar-refractivity contribution is -0.132. The molecule has 0 aliphatic carbocycles. The smallest absolute Gasteiger partial charge is 0.301 e. The lowest BCUT2D eigenvalue weighted by atomic mass is 9.95. The first-order chi connectivity index (χ1) is 17.8. The van der Waals surface area contributed by atoms with Gasteiger partial charge in [-0.1, -0.05) is 41.1 Å². The fourth-order valence-corrected chi connectivity index (χ4v) is 6.09. The molecule has 0 saturated carbocycles. The number of rotatable bonds is 3. The van der Waals surface area contributed by atoms with Gasteiger partial charge in [0.1, 0.15) is 19.0 Å². The standard InChI is InChI=1S/C28H21ClN2O5S/c1-14-11-15(2)23-21(12-14)37-28(30-23)31-24(16-3-6-18(29)7-4-16)22(26(33)27(31)34)25(32)17-5-8-19-20(13-17)36-10-9-35-19/h3-8,11-13,24,32H,9-10H2,1-2H3. The van der Waals surface area contributed by atoms with E-state index >= 15 is 0 Å². The summed E-state index contributed by atoms with van der Waals surface area (Å²) < 4.78 is 12.1. The molecule has 186 valence electrons. The Morgan fingerprint density at radius 1 is 1.03 bits per heavy atom. The van der Waals surface area contributed by atoms with E-state index in [-0.39, 0.29) is 11.3 Å². The van der Waals surface area contributed by atoms with E-state index in [0.29, 0.717) is 46.0 Å². The largest absolute Gasteiger partial charge is 0.507 e. The van der Waals surface area contributed by atoms with Crippen LogP contribution in [0.5, 0.6) is 11.5 Å². The fraction of sp³-hybridized carbons (Fsp3) is 0.179. The number of hydrogen-bond acceptors (Lipinski definition) is 7. The van der Waals surface area contributed by atoms with Gasteiger partial charge in [-0.25, -0.2) is 4.98 Å². The van der Waals surface area contributed by atoms with Crippen LogP contribution in [0.1, 0.15) is 28.3 Å². The van der Waals surface area contributed by atoms with Crippen LogP contribution < -0.4 is 14.4 Å². The highest BCUT2D eigenvalue weighted by atomic mass is 35.5. The number of aliphatic hydroxyl groups excluding tert-OH is 1. The van der Waals surface area contributed by atoms with E-state index in [0.717, 1.165) is 21.3 Å². The number of ketones is 1. The SMILES string of the molecule is Cc1cc(C)c2nc(N3C(=O)C(=O)C(=C(O)c4ccc5c(c4)OCCO5)C3c3ccc(Cl)cc3)sc2c1. The summed E-state index contributed by atoms with van der Waals surface area (Å²) in [6, 6.07) is 14.9. The molecule has 1 fully saturated rings. The molecule has 2 aliphatic rings. The Morgan fingerprint density at radius 2 is 1.76 bits per heavy atom. The second-order valence-corrected chi connectivity index (χ2v) is 10.4. The number of Topliss-reactive ketones (excluding diaryl/α,β-unsaturated/α-hetero) is 1. The highest BCUT2D eigenvalue weighted by molar-refractivity contribution is 7.22. The Kier molecular flexibility index (Phi) is 5.66. The second kappa shape index (κ2) is 8.90. The summed E-state index contributed by atoms with van der Waals surface area (Å²) in [5.41, 5.74) is 3.76. The first-order valence-electron chi connectivity index (χ1n) is 11.7. The van der Waals surface area contributed by atoms with E-state index in [1.54, 1.807) is 42.5 Å². The van der Waals surface area contributed by atoms with E-state index < -0.39 is 17.7 Å². The predicted molar refractivity (Wildman–Crippen MR) is 143 cm³/mol. The molecule has 9 heteroatoms. The van der Waals surface area contributed by atoms with Gasteiger partial charge in [0, 0.05) is 10.6 Å². The number of fused-ring (bicyclic) bond motifs is 2. The van der Waals surface area contributed by atoms with Crippen LogP contribution in [0.2, 0.25) is 5.02 Å². The molecule has 4 aromatic rings. The van der Waals surface area contributed by atoms with Crippen molar-refractivity contribution in [1.82, 2.24) is 4.98 Å². The van der Waals surface area contributed by atoms with Crippen LogP contribution >= 0.6 is 22.9 Å². The van der Waals surface area contributed by atoms with Crippen molar-refractivity contribution < 1.29 is 24.2 Å². The molecule has 0 spiro atoms. The average Bonchev–Trinajstić information content (AvgIpc) is 3.42. The zero-order valence-corrected chi connectivity index (χ0v) is 21.5. The van der Waals surface area contributed by atoms with E-state index in [9.17, 15) is 14.7 Å². The summed E-state index contributed by atoms with van der Waals surface area (Å²) in [6.07, 6.45) is 0. The summed E-state index contributed by atoms with van der Waals surface area (Å²) in [4.78, 5) is 33.1. The van der Waals surface area contributed by atoms with Crippen LogP contribution in [-0.2, 0) is 9.59 Å². The number of carbonyl (C=O) groups is 2. The molecule has 2 aliphatic heterocycles. The van der Waals surface area contributed by atoms with Crippen LogP contribution in [0.15, 0.2) is 60.2 Å². The Bertz CT molecular complexity index is 1630. The first-order valence-corrected chi connectivity index (χ1v) is 12.9. The molecule has 1 atom stereocenters. The minimum absolute atomic E-state index is 0.0313.